The van der Waals surface area contributed by atoms with E-state index in [1.165, 1.54) is 68.8 Å². The zero-order chi connectivity index (χ0) is 24.7. The van der Waals surface area contributed by atoms with E-state index in [2.05, 4.69) is 124 Å². The molecule has 0 saturated heterocycles. The first-order valence-corrected chi connectivity index (χ1v) is 13.6. The van der Waals surface area contributed by atoms with Crippen molar-refractivity contribution < 1.29 is 49.0 Å². The second-order valence-electron chi connectivity index (χ2n) is 10.0. The van der Waals surface area contributed by atoms with Crippen LogP contribution < -0.4 is 24.8 Å². The Hall–Kier alpha value is -1.53. The van der Waals surface area contributed by atoms with Crippen molar-refractivity contribution in [2.24, 2.45) is 11.3 Å². The van der Waals surface area contributed by atoms with Gasteiger partial charge in [-0.3, -0.25) is 6.08 Å². The Morgan fingerprint density at radius 2 is 1.58 bits per heavy atom. The zero-order valence-corrected chi connectivity index (χ0v) is 26.2. The van der Waals surface area contributed by atoms with Crippen LogP contribution in [0, 0.1) is 30.4 Å². The maximum atomic E-state index is 3.48. The summed E-state index contributed by atoms with van der Waals surface area (Å²) < 4.78 is 2.19. The van der Waals surface area contributed by atoms with Crippen LogP contribution in [0.2, 0.25) is 0 Å². The molecule has 3 aromatic carbocycles. The van der Waals surface area contributed by atoms with E-state index in [9.17, 15) is 0 Å². The average Bonchev–Trinajstić information content (AvgIpc) is 3.41. The Bertz CT molecular complexity index is 1140. The van der Waals surface area contributed by atoms with Crippen LogP contribution in [0.3, 0.4) is 0 Å². The summed E-state index contributed by atoms with van der Waals surface area (Å²) >= 11 is 1.47. The molecule has 36 heavy (non-hydrogen) atoms. The molecule has 0 saturated carbocycles. The minimum absolute atomic E-state index is 0. The fraction of sp³-hybridized carbons (Fsp3) is 0.303. The Labute approximate surface area is 246 Å². The molecule has 0 amide bonds. The van der Waals surface area contributed by atoms with Crippen molar-refractivity contribution in [2.75, 3.05) is 0 Å². The van der Waals surface area contributed by atoms with E-state index in [1.54, 1.807) is 0 Å². The van der Waals surface area contributed by atoms with Crippen molar-refractivity contribution in [3.8, 4) is 11.1 Å². The van der Waals surface area contributed by atoms with Gasteiger partial charge in [-0.15, -0.1) is 5.56 Å². The first-order valence-electron chi connectivity index (χ1n) is 12.2. The Morgan fingerprint density at radius 1 is 0.944 bits per heavy atom. The van der Waals surface area contributed by atoms with E-state index in [0.29, 0.717) is 11.3 Å². The van der Waals surface area contributed by atoms with Gasteiger partial charge in [0.2, 0.25) is 0 Å². The van der Waals surface area contributed by atoms with Crippen LogP contribution in [0.5, 0.6) is 0 Å². The molecule has 188 valence electrons. The number of aryl methyl sites for hydroxylation is 1. The van der Waals surface area contributed by atoms with Gasteiger partial charge < -0.3 is 24.8 Å². The minimum atomic E-state index is 0. The molecule has 2 aliphatic carbocycles. The van der Waals surface area contributed by atoms with Crippen LogP contribution in [0.25, 0.3) is 11.1 Å². The van der Waals surface area contributed by atoms with E-state index >= 15 is 0 Å². The van der Waals surface area contributed by atoms with E-state index in [-0.39, 0.29) is 24.8 Å². The maximum Gasteiger partial charge on any atom is -0.0253 e. The van der Waals surface area contributed by atoms with Crippen molar-refractivity contribution >= 4 is 3.71 Å². The molecule has 5 rings (SSSR count). The van der Waals surface area contributed by atoms with Crippen LogP contribution in [0.15, 0.2) is 84.0 Å². The van der Waals surface area contributed by atoms with E-state index in [4.69, 9.17) is 0 Å². The molecule has 0 spiro atoms. The molecule has 0 nitrogen and oxygen atoms in total. The Balaban J connectivity index is 0.000000267. The molecule has 0 N–H and O–H groups in total. The summed E-state index contributed by atoms with van der Waals surface area (Å²) in [6.45, 7) is 13.3. The maximum absolute atomic E-state index is 3.48. The molecule has 3 heteroatoms. The predicted octanol–water partition coefficient (Wildman–Crippen LogP) is 2.51. The monoisotopic (exact) mass is 592 g/mol. The van der Waals surface area contributed by atoms with Crippen molar-refractivity contribution in [3.63, 3.8) is 0 Å². The molecule has 0 radical (unpaired) electrons. The first-order chi connectivity index (χ1) is 16.2. The van der Waals surface area contributed by atoms with Gasteiger partial charge in [0.05, 0.1) is 0 Å². The summed E-state index contributed by atoms with van der Waals surface area (Å²) in [5.74, 6) is 0.522. The number of allylic oxidation sites excluding steroid dienone is 4. The normalized spacial score (nSPS) is 14.7. The summed E-state index contributed by atoms with van der Waals surface area (Å²) in [6, 6.07) is 26.7. The number of benzene rings is 3. The molecule has 0 bridgehead atoms. The van der Waals surface area contributed by atoms with E-state index in [0.717, 1.165) is 12.8 Å². The molecular weight excluding hydrogens is 558 g/mol. The van der Waals surface area contributed by atoms with Crippen LogP contribution in [-0.4, -0.2) is 3.71 Å². The standard InChI is InChI=1S/C13H9.C12H19.C8H8.2ClH.Zr/c1-3-7-12-10(5-1)9-11-6-2-4-8-13(11)12;1-6-10-7-9(2)8-11(10)12(3,4)5;1-7-3-5-8(2)6-4-7;;;/h1-5,7-8H,9H2;8-9H,6H2,1-5H3;1,3-6H,2H3;2*1H;/q2*-1;;;;+2/p-2. The van der Waals surface area contributed by atoms with Crippen molar-refractivity contribution in [3.05, 3.63) is 118 Å². The number of halogens is 2. The van der Waals surface area contributed by atoms with Gasteiger partial charge in [-0.25, -0.2) is 5.57 Å². The molecule has 0 heterocycles. The second-order valence-corrected chi connectivity index (χ2v) is 10.8. The SMILES string of the molecule is CCC1=[C-]C(C)C=C1C(C)(C)C.Cc1ccc([CH]=[Zr+2])cc1.[Cl-].[Cl-].[c-]1cccc2c1Cc1ccccc1-2. The molecular formula is C33H36Cl2Zr-2. The van der Waals surface area contributed by atoms with Gasteiger partial charge in [-0.05, 0) is 6.42 Å². The summed E-state index contributed by atoms with van der Waals surface area (Å²) in [7, 11) is 0. The van der Waals surface area contributed by atoms with Gasteiger partial charge >= 0.3 is 70.3 Å². The fourth-order valence-corrected chi connectivity index (χ4v) is 4.87. The molecule has 1 unspecified atom stereocenters. The fourth-order valence-electron chi connectivity index (χ4n) is 4.40. The van der Waals surface area contributed by atoms with Gasteiger partial charge in [0.1, 0.15) is 0 Å². The zero-order valence-electron chi connectivity index (χ0n) is 22.3. The van der Waals surface area contributed by atoms with Crippen LogP contribution in [0.4, 0.5) is 0 Å². The number of rotatable bonds is 2. The third kappa shape index (κ3) is 8.80. The van der Waals surface area contributed by atoms with E-state index < -0.39 is 0 Å². The van der Waals surface area contributed by atoms with Gasteiger partial charge in [0, 0.05) is 0 Å². The smallest absolute Gasteiger partial charge is 0.0253 e. The summed E-state index contributed by atoms with van der Waals surface area (Å²) in [4.78, 5) is 0. The van der Waals surface area contributed by atoms with Crippen molar-refractivity contribution in [1.82, 2.24) is 0 Å². The third-order valence-corrected chi connectivity index (χ3v) is 6.99. The topological polar surface area (TPSA) is 0 Å². The molecule has 0 fully saturated rings. The quantitative estimate of drug-likeness (QED) is 0.313. The first kappa shape index (κ1) is 32.5. The van der Waals surface area contributed by atoms with Gasteiger partial charge in [-0.2, -0.15) is 41.5 Å². The largest absolute Gasteiger partial charge is 1.00 e. The van der Waals surface area contributed by atoms with Crippen LogP contribution >= 0.6 is 0 Å². The number of hydrogen-bond acceptors (Lipinski definition) is 0. The average molecular weight is 595 g/mol. The van der Waals surface area contributed by atoms with Crippen LogP contribution in [-0.2, 0) is 30.7 Å². The molecule has 0 aliphatic heterocycles. The van der Waals surface area contributed by atoms with Gasteiger partial charge in [0.15, 0.2) is 0 Å². The Kier molecular flexibility index (Phi) is 13.6. The second kappa shape index (κ2) is 15.0. The van der Waals surface area contributed by atoms with Crippen molar-refractivity contribution in [1.29, 1.82) is 0 Å². The summed E-state index contributed by atoms with van der Waals surface area (Å²) in [6.07, 6.45) is 8.00. The van der Waals surface area contributed by atoms with Crippen LogP contribution in [0.1, 0.15) is 63.3 Å². The summed E-state index contributed by atoms with van der Waals surface area (Å²) in [5, 5.41) is 0. The molecule has 2 aliphatic rings. The number of hydrogen-bond donors (Lipinski definition) is 0. The minimum Gasteiger partial charge on any atom is -1.00 e. The van der Waals surface area contributed by atoms with E-state index in [1.807, 2.05) is 6.07 Å². The third-order valence-electron chi connectivity index (χ3n) is 6.17. The Morgan fingerprint density at radius 3 is 2.17 bits per heavy atom. The number of fused-ring (bicyclic) bond motifs is 3. The van der Waals surface area contributed by atoms with Crippen molar-refractivity contribution in [2.45, 2.75) is 54.4 Å². The molecule has 1 atom stereocenters. The summed E-state index contributed by atoms with van der Waals surface area (Å²) in [5.41, 5.74) is 11.4. The molecule has 0 aromatic heterocycles. The van der Waals surface area contributed by atoms with Gasteiger partial charge in [0.25, 0.3) is 0 Å². The molecule has 3 aromatic rings. The predicted molar refractivity (Wildman–Crippen MR) is 144 cm³/mol. The van der Waals surface area contributed by atoms with Gasteiger partial charge in [-0.1, -0.05) is 87.8 Å².